The van der Waals surface area contributed by atoms with Gasteiger partial charge in [-0.1, -0.05) is 15.9 Å². The van der Waals surface area contributed by atoms with Crippen molar-refractivity contribution in [1.82, 2.24) is 0 Å². The molecule has 0 amide bonds. The topological polar surface area (TPSA) is 159 Å². The van der Waals surface area contributed by atoms with Gasteiger partial charge < -0.3 is 31.2 Å². The molecule has 0 aliphatic heterocycles. The van der Waals surface area contributed by atoms with Gasteiger partial charge in [-0.15, -0.1) is 0 Å². The highest BCUT2D eigenvalue weighted by molar-refractivity contribution is 9.10. The Kier molecular flexibility index (Phi) is 5.90. The molecule has 0 aliphatic carbocycles. The van der Waals surface area contributed by atoms with E-state index in [-0.39, 0.29) is 11.2 Å². The highest BCUT2D eigenvalue weighted by Crippen LogP contribution is 2.20. The predicted molar refractivity (Wildman–Crippen MR) is 67.6 cm³/mol. The molecule has 106 valence electrons. The first-order chi connectivity index (χ1) is 8.27. The summed E-state index contributed by atoms with van der Waals surface area (Å²) in [4.78, 5) is 21.5. The Labute approximate surface area is 115 Å². The van der Waals surface area contributed by atoms with Crippen LogP contribution in [0.5, 0.6) is 0 Å². The van der Waals surface area contributed by atoms with E-state index < -0.39 is 23.8 Å². The van der Waals surface area contributed by atoms with Crippen molar-refractivity contribution in [2.24, 2.45) is 0 Å². The van der Waals surface area contributed by atoms with E-state index in [1.807, 2.05) is 0 Å². The van der Waals surface area contributed by atoms with Crippen LogP contribution in [0.4, 0.5) is 5.69 Å². The summed E-state index contributed by atoms with van der Waals surface area (Å²) in [5.74, 6) is -3.76. The number of carbonyl (C=O) groups is 2. The van der Waals surface area contributed by atoms with E-state index in [4.69, 9.17) is 10.2 Å². The second kappa shape index (κ2) is 6.48. The van der Waals surface area contributed by atoms with Gasteiger partial charge in [0.1, 0.15) is 0 Å². The monoisotopic (exact) mass is 337 g/mol. The molecule has 0 spiro atoms. The predicted octanol–water partition coefficient (Wildman–Crippen LogP) is -0.745. The number of benzene rings is 1. The van der Waals surface area contributed by atoms with Crippen LogP contribution in [-0.4, -0.2) is 49.7 Å². The fourth-order valence-electron chi connectivity index (χ4n) is 1.17. The van der Waals surface area contributed by atoms with Crippen molar-refractivity contribution in [2.75, 3.05) is 5.32 Å². The summed E-state index contributed by atoms with van der Waals surface area (Å²) < 4.78 is 0.714. The van der Waals surface area contributed by atoms with Crippen LogP contribution in [0.15, 0.2) is 28.7 Å². The van der Waals surface area contributed by atoms with Crippen LogP contribution in [0.3, 0.4) is 0 Å². The lowest BCUT2D eigenvalue weighted by Gasteiger charge is -2.27. The van der Waals surface area contributed by atoms with Gasteiger partial charge in [-0.3, -0.25) is 0 Å². The first-order valence-corrected chi connectivity index (χ1v) is 5.47. The summed E-state index contributed by atoms with van der Waals surface area (Å²) in [6.07, 6.45) is -2.52. The third kappa shape index (κ3) is 3.89. The number of aliphatic hydroxyl groups is 2. The number of rotatable bonds is 5. The average molecular weight is 338 g/mol. The van der Waals surface area contributed by atoms with E-state index in [0.717, 1.165) is 0 Å². The maximum absolute atomic E-state index is 10.9. The maximum atomic E-state index is 10.9. The van der Waals surface area contributed by atoms with Crippen LogP contribution in [0, 0.1) is 0 Å². The number of halogens is 1. The summed E-state index contributed by atoms with van der Waals surface area (Å²) >= 11 is 3.16. The molecule has 0 aromatic heterocycles. The number of hydrogen-bond donors (Lipinski definition) is 5. The second-order valence-electron chi connectivity index (χ2n) is 3.44. The van der Waals surface area contributed by atoms with Gasteiger partial charge in [0.15, 0.2) is 0 Å². The number of aliphatic carboxylic acids is 2. The molecular formula is C10H12BrNO7. The molecule has 0 bridgehead atoms. The Morgan fingerprint density at radius 3 is 2.05 bits per heavy atom. The first-order valence-electron chi connectivity index (χ1n) is 4.67. The molecule has 0 radical (unpaired) electrons. The standard InChI is InChI=1S/C10H10BrNO6.H2O/c11-5-1-3-6(4-2-5)12-10(18,9(16)17)7(13)8(14)15;/h1-4,7,12-13,18H,(H,14,15)(H,16,17);1H2. The number of hydrogen-bond acceptors (Lipinski definition) is 5. The van der Waals surface area contributed by atoms with Crippen molar-refractivity contribution in [3.63, 3.8) is 0 Å². The fraction of sp³-hybridized carbons (Fsp3) is 0.200. The molecule has 1 aromatic rings. The largest absolute Gasteiger partial charge is 0.479 e. The van der Waals surface area contributed by atoms with E-state index in [0.29, 0.717) is 4.47 Å². The number of aliphatic hydroxyl groups excluding tert-OH is 1. The molecule has 0 heterocycles. The SMILES string of the molecule is O.O=C(O)C(O)C(O)(Nc1ccc(Br)cc1)C(=O)O. The van der Waals surface area contributed by atoms with Crippen LogP contribution in [0.1, 0.15) is 0 Å². The van der Waals surface area contributed by atoms with Crippen molar-refractivity contribution in [2.45, 2.75) is 11.8 Å². The van der Waals surface area contributed by atoms with Gasteiger partial charge in [0.05, 0.1) is 0 Å². The van der Waals surface area contributed by atoms with Gasteiger partial charge in [0, 0.05) is 10.2 Å². The summed E-state index contributed by atoms with van der Waals surface area (Å²) in [5, 5.41) is 38.4. The highest BCUT2D eigenvalue weighted by Gasteiger charge is 2.48. The summed E-state index contributed by atoms with van der Waals surface area (Å²) in [6, 6.07) is 5.93. The quantitative estimate of drug-likeness (QED) is 0.442. The van der Waals surface area contributed by atoms with Crippen molar-refractivity contribution in [3.8, 4) is 0 Å². The molecule has 0 aliphatic rings. The van der Waals surface area contributed by atoms with Crippen molar-refractivity contribution in [1.29, 1.82) is 0 Å². The molecule has 2 atom stereocenters. The number of nitrogens with one attached hydrogen (secondary N) is 1. The zero-order valence-corrected chi connectivity index (χ0v) is 11.0. The molecule has 2 unspecified atom stereocenters. The molecule has 1 aromatic carbocycles. The number of carboxylic acids is 2. The Balaban J connectivity index is 0.00000324. The Morgan fingerprint density at radius 1 is 1.21 bits per heavy atom. The van der Waals surface area contributed by atoms with E-state index >= 15 is 0 Å². The molecule has 0 fully saturated rings. The third-order valence-corrected chi connectivity index (χ3v) is 2.66. The Bertz CT molecular complexity index is 463. The lowest BCUT2D eigenvalue weighted by Crippen LogP contribution is -2.58. The lowest BCUT2D eigenvalue weighted by atomic mass is 10.1. The molecule has 19 heavy (non-hydrogen) atoms. The van der Waals surface area contributed by atoms with Gasteiger partial charge in [-0.05, 0) is 24.3 Å². The van der Waals surface area contributed by atoms with Crippen LogP contribution < -0.4 is 5.32 Å². The van der Waals surface area contributed by atoms with E-state index in [2.05, 4.69) is 21.2 Å². The van der Waals surface area contributed by atoms with Crippen LogP contribution in [0.25, 0.3) is 0 Å². The maximum Gasteiger partial charge on any atom is 0.360 e. The summed E-state index contributed by atoms with van der Waals surface area (Å²) in [5.41, 5.74) is -2.87. The smallest absolute Gasteiger partial charge is 0.360 e. The van der Waals surface area contributed by atoms with Crippen molar-refractivity contribution >= 4 is 33.6 Å². The molecule has 0 saturated heterocycles. The molecular weight excluding hydrogens is 326 g/mol. The van der Waals surface area contributed by atoms with Crippen molar-refractivity contribution in [3.05, 3.63) is 28.7 Å². The summed E-state index contributed by atoms with van der Waals surface area (Å²) in [6.45, 7) is 0. The minimum Gasteiger partial charge on any atom is -0.479 e. The molecule has 9 heteroatoms. The van der Waals surface area contributed by atoms with E-state index in [1.165, 1.54) is 12.1 Å². The van der Waals surface area contributed by atoms with Gasteiger partial charge in [0.2, 0.25) is 6.10 Å². The van der Waals surface area contributed by atoms with E-state index in [1.54, 1.807) is 12.1 Å². The minimum absolute atomic E-state index is 0. The number of anilines is 1. The van der Waals surface area contributed by atoms with Gasteiger partial charge in [-0.2, -0.15) is 0 Å². The zero-order valence-electron chi connectivity index (χ0n) is 9.37. The zero-order chi connectivity index (χ0) is 13.9. The summed E-state index contributed by atoms with van der Waals surface area (Å²) in [7, 11) is 0. The molecule has 0 saturated carbocycles. The second-order valence-corrected chi connectivity index (χ2v) is 4.36. The Hall–Kier alpha value is -1.68. The van der Waals surface area contributed by atoms with E-state index in [9.17, 15) is 19.8 Å². The molecule has 7 N–H and O–H groups in total. The van der Waals surface area contributed by atoms with Crippen LogP contribution >= 0.6 is 15.9 Å². The number of carboxylic acid groups (broad SMARTS) is 2. The van der Waals surface area contributed by atoms with Gasteiger partial charge in [-0.25, -0.2) is 9.59 Å². The average Bonchev–Trinajstić information content (AvgIpc) is 2.30. The Morgan fingerprint density at radius 2 is 1.68 bits per heavy atom. The lowest BCUT2D eigenvalue weighted by molar-refractivity contribution is -0.178. The fourth-order valence-corrected chi connectivity index (χ4v) is 1.44. The minimum atomic E-state index is -3.01. The van der Waals surface area contributed by atoms with Crippen molar-refractivity contribution < 1.29 is 35.5 Å². The highest BCUT2D eigenvalue weighted by atomic mass is 79.9. The van der Waals surface area contributed by atoms with Gasteiger partial charge in [0.25, 0.3) is 5.72 Å². The molecule has 8 nitrogen and oxygen atoms in total. The van der Waals surface area contributed by atoms with Crippen LogP contribution in [0.2, 0.25) is 0 Å². The normalized spacial score (nSPS) is 14.7. The van der Waals surface area contributed by atoms with Gasteiger partial charge >= 0.3 is 11.9 Å². The van der Waals surface area contributed by atoms with Crippen LogP contribution in [-0.2, 0) is 9.59 Å². The third-order valence-electron chi connectivity index (χ3n) is 2.13. The first kappa shape index (κ1) is 17.3. The molecule has 1 rings (SSSR count).